The van der Waals surface area contributed by atoms with Gasteiger partial charge in [-0.05, 0) is 79.4 Å². The van der Waals surface area contributed by atoms with Crippen LogP contribution in [0, 0.1) is 0 Å². The Balaban J connectivity index is 1.27. The molecule has 1 amide bonds. The predicted octanol–water partition coefficient (Wildman–Crippen LogP) is 3.30. The van der Waals surface area contributed by atoms with Gasteiger partial charge in [-0.3, -0.25) is 4.79 Å². The van der Waals surface area contributed by atoms with Crippen molar-refractivity contribution in [2.45, 2.75) is 31.6 Å². The van der Waals surface area contributed by atoms with Crippen LogP contribution in [-0.4, -0.2) is 70.3 Å². The second kappa shape index (κ2) is 9.82. The summed E-state index contributed by atoms with van der Waals surface area (Å²) in [6, 6.07) is 10.4. The third-order valence-corrected chi connectivity index (χ3v) is 6.81. The minimum Gasteiger partial charge on any atom is -0.497 e. The Kier molecular flexibility index (Phi) is 6.89. The molecule has 4 rings (SSSR count). The Morgan fingerprint density at radius 3 is 2.47 bits per heavy atom. The van der Waals surface area contributed by atoms with Gasteiger partial charge in [0.15, 0.2) is 11.5 Å². The van der Waals surface area contributed by atoms with Gasteiger partial charge in [-0.2, -0.15) is 0 Å². The average molecular weight is 439 g/mol. The molecule has 6 nitrogen and oxygen atoms in total. The molecule has 0 saturated carbocycles. The number of hydrogen-bond donors (Lipinski definition) is 0. The average Bonchev–Trinajstić information content (AvgIpc) is 2.94. The van der Waals surface area contributed by atoms with Crippen molar-refractivity contribution in [2.24, 2.45) is 0 Å². The molecule has 2 aromatic rings. The molecule has 0 N–H and O–H groups in total. The smallest absolute Gasteiger partial charge is 0.227 e. The van der Waals surface area contributed by atoms with E-state index in [2.05, 4.69) is 24.1 Å². The van der Waals surface area contributed by atoms with Crippen molar-refractivity contribution in [3.8, 4) is 17.2 Å². The lowest BCUT2D eigenvalue weighted by molar-refractivity contribution is -0.130. The summed E-state index contributed by atoms with van der Waals surface area (Å²) in [5, 5.41) is 0. The molecule has 0 unspecified atom stereocenters. The highest BCUT2D eigenvalue weighted by molar-refractivity contribution is 5.80. The van der Waals surface area contributed by atoms with E-state index in [9.17, 15) is 4.79 Å². The molecule has 32 heavy (non-hydrogen) atoms. The molecular formula is C26H34N2O4. The van der Waals surface area contributed by atoms with Crippen molar-refractivity contribution < 1.29 is 19.0 Å². The van der Waals surface area contributed by atoms with Gasteiger partial charge in [-0.15, -0.1) is 0 Å². The van der Waals surface area contributed by atoms with Gasteiger partial charge in [0.1, 0.15) is 5.75 Å². The standard InChI is InChI=1S/C26H34N2O4/c1-27(17-21-12-19-6-7-22(30-2)16-23(19)21)9-5-10-28-11-8-18-13-24(31-3)25(32-4)14-20(18)15-26(28)29/h6-7,13-14,16,21H,5,8-12,15,17H2,1-4H3/t21-/m0/s1. The van der Waals surface area contributed by atoms with Crippen molar-refractivity contribution >= 4 is 5.91 Å². The van der Waals surface area contributed by atoms with Gasteiger partial charge in [0.2, 0.25) is 5.91 Å². The van der Waals surface area contributed by atoms with Gasteiger partial charge in [0.25, 0.3) is 0 Å². The molecule has 0 bridgehead atoms. The molecule has 2 aliphatic rings. The van der Waals surface area contributed by atoms with E-state index in [1.165, 1.54) is 16.7 Å². The first-order valence-electron chi connectivity index (χ1n) is 11.4. The molecule has 2 aromatic carbocycles. The first-order chi connectivity index (χ1) is 15.5. The monoisotopic (exact) mass is 438 g/mol. The summed E-state index contributed by atoms with van der Waals surface area (Å²) < 4.78 is 16.2. The Hall–Kier alpha value is -2.73. The van der Waals surface area contributed by atoms with Crippen LogP contribution in [-0.2, 0) is 24.1 Å². The lowest BCUT2D eigenvalue weighted by Gasteiger charge is -2.34. The highest BCUT2D eigenvalue weighted by Crippen LogP contribution is 2.38. The predicted molar refractivity (Wildman–Crippen MR) is 125 cm³/mol. The lowest BCUT2D eigenvalue weighted by Crippen LogP contribution is -2.36. The van der Waals surface area contributed by atoms with E-state index < -0.39 is 0 Å². The molecule has 0 saturated heterocycles. The Bertz CT molecular complexity index is 975. The first-order valence-corrected chi connectivity index (χ1v) is 11.4. The van der Waals surface area contributed by atoms with Crippen molar-refractivity contribution in [3.63, 3.8) is 0 Å². The molecule has 0 radical (unpaired) electrons. The van der Waals surface area contributed by atoms with Gasteiger partial charge in [-0.1, -0.05) is 6.07 Å². The van der Waals surface area contributed by atoms with Crippen LogP contribution in [0.15, 0.2) is 30.3 Å². The number of carbonyl (C=O) groups excluding carboxylic acids is 1. The number of carbonyl (C=O) groups is 1. The number of nitrogens with zero attached hydrogens (tertiary/aromatic N) is 2. The van der Waals surface area contributed by atoms with Crippen molar-refractivity contribution in [2.75, 3.05) is 54.6 Å². The molecule has 0 fully saturated rings. The SMILES string of the molecule is COc1ccc2c(c1)[C@H](CN(C)CCCN1CCc3cc(OC)c(OC)cc3CC1=O)C2. The number of amides is 1. The number of fused-ring (bicyclic) bond motifs is 2. The number of methoxy groups -OCH3 is 3. The highest BCUT2D eigenvalue weighted by Gasteiger charge is 2.28. The highest BCUT2D eigenvalue weighted by atomic mass is 16.5. The van der Waals surface area contributed by atoms with Gasteiger partial charge < -0.3 is 24.0 Å². The molecular weight excluding hydrogens is 404 g/mol. The summed E-state index contributed by atoms with van der Waals surface area (Å²) in [5.41, 5.74) is 5.08. The van der Waals surface area contributed by atoms with Gasteiger partial charge in [0.05, 0.1) is 27.8 Å². The minimum absolute atomic E-state index is 0.193. The zero-order valence-electron chi connectivity index (χ0n) is 19.6. The third kappa shape index (κ3) is 4.70. The first kappa shape index (κ1) is 22.5. The van der Waals surface area contributed by atoms with Gasteiger partial charge in [-0.25, -0.2) is 0 Å². The maximum absolute atomic E-state index is 12.9. The molecule has 0 spiro atoms. The number of ether oxygens (including phenoxy) is 3. The topological polar surface area (TPSA) is 51.2 Å². The molecule has 6 heteroatoms. The number of rotatable bonds is 9. The van der Waals surface area contributed by atoms with Crippen LogP contribution in [0.5, 0.6) is 17.2 Å². The second-order valence-corrected chi connectivity index (χ2v) is 8.87. The fraction of sp³-hybridized carbons (Fsp3) is 0.500. The zero-order chi connectivity index (χ0) is 22.7. The molecule has 1 heterocycles. The summed E-state index contributed by atoms with van der Waals surface area (Å²) in [6.07, 6.45) is 3.38. The van der Waals surface area contributed by atoms with Crippen molar-refractivity contribution in [3.05, 3.63) is 52.6 Å². The lowest BCUT2D eigenvalue weighted by atomic mass is 9.77. The summed E-state index contributed by atoms with van der Waals surface area (Å²) in [6.45, 7) is 3.56. The normalized spacial score (nSPS) is 17.3. The van der Waals surface area contributed by atoms with E-state index in [-0.39, 0.29) is 5.91 Å². The maximum Gasteiger partial charge on any atom is 0.227 e. The fourth-order valence-corrected chi connectivity index (χ4v) is 4.92. The molecule has 172 valence electrons. The Morgan fingerprint density at radius 2 is 1.75 bits per heavy atom. The van der Waals surface area contributed by atoms with Crippen LogP contribution >= 0.6 is 0 Å². The maximum atomic E-state index is 12.9. The summed E-state index contributed by atoms with van der Waals surface area (Å²) >= 11 is 0. The summed E-state index contributed by atoms with van der Waals surface area (Å²) in [7, 11) is 7.17. The van der Waals surface area contributed by atoms with E-state index in [0.29, 0.717) is 18.1 Å². The largest absolute Gasteiger partial charge is 0.497 e. The van der Waals surface area contributed by atoms with Crippen molar-refractivity contribution in [1.82, 2.24) is 9.80 Å². The fourth-order valence-electron chi connectivity index (χ4n) is 4.92. The van der Waals surface area contributed by atoms with E-state index in [1.807, 2.05) is 23.1 Å². The van der Waals surface area contributed by atoms with Gasteiger partial charge in [0, 0.05) is 25.6 Å². The van der Waals surface area contributed by atoms with Crippen LogP contribution in [0.3, 0.4) is 0 Å². The summed E-state index contributed by atoms with van der Waals surface area (Å²) in [4.78, 5) is 17.3. The van der Waals surface area contributed by atoms with Crippen molar-refractivity contribution in [1.29, 1.82) is 0 Å². The van der Waals surface area contributed by atoms with Crippen LogP contribution in [0.1, 0.15) is 34.6 Å². The molecule has 1 aliphatic heterocycles. The van der Waals surface area contributed by atoms with Crippen LogP contribution in [0.25, 0.3) is 0 Å². The van der Waals surface area contributed by atoms with Crippen LogP contribution in [0.2, 0.25) is 0 Å². The molecule has 0 aromatic heterocycles. The van der Waals surface area contributed by atoms with Crippen LogP contribution < -0.4 is 14.2 Å². The van der Waals surface area contributed by atoms with E-state index in [0.717, 1.165) is 62.5 Å². The third-order valence-electron chi connectivity index (χ3n) is 6.81. The van der Waals surface area contributed by atoms with Gasteiger partial charge >= 0.3 is 0 Å². The van der Waals surface area contributed by atoms with Crippen LogP contribution in [0.4, 0.5) is 0 Å². The van der Waals surface area contributed by atoms with E-state index in [4.69, 9.17) is 14.2 Å². The van der Waals surface area contributed by atoms with E-state index >= 15 is 0 Å². The van der Waals surface area contributed by atoms with E-state index in [1.54, 1.807) is 21.3 Å². The minimum atomic E-state index is 0.193. The number of benzene rings is 2. The second-order valence-electron chi connectivity index (χ2n) is 8.87. The molecule has 1 atom stereocenters. The number of likely N-dealkylation sites (N-methyl/N-ethyl adjacent to an activating group) is 1. The molecule has 1 aliphatic carbocycles. The summed E-state index contributed by atoms with van der Waals surface area (Å²) in [5.74, 6) is 3.11. The Labute approximate surface area is 191 Å². The Morgan fingerprint density at radius 1 is 1.00 bits per heavy atom. The number of hydrogen-bond acceptors (Lipinski definition) is 5. The quantitative estimate of drug-likeness (QED) is 0.601. The zero-order valence-corrected chi connectivity index (χ0v) is 19.6.